The minimum atomic E-state index is -2.17. The lowest BCUT2D eigenvalue weighted by Gasteiger charge is -2.08. The van der Waals surface area contributed by atoms with Crippen LogP contribution in [-0.2, 0) is 6.42 Å². The molecule has 0 amide bonds. The Morgan fingerprint density at radius 3 is 1.95 bits per heavy atom. The summed E-state index contributed by atoms with van der Waals surface area (Å²) in [7, 11) is -2.17. The Morgan fingerprint density at radius 1 is 0.842 bits per heavy atom. The lowest BCUT2D eigenvalue weighted by Crippen LogP contribution is -2.07. The first kappa shape index (κ1) is 15.4. The zero-order valence-corrected chi connectivity index (χ0v) is 10.6. The SMILES string of the molecule is NCCc1ccccc1-c1ccccc1.OB(O)O. The summed E-state index contributed by atoms with van der Waals surface area (Å²) in [6, 6.07) is 18.9. The summed E-state index contributed by atoms with van der Waals surface area (Å²) in [6.07, 6.45) is 0.936. The van der Waals surface area contributed by atoms with Crippen molar-refractivity contribution in [2.45, 2.75) is 6.42 Å². The molecule has 0 aliphatic carbocycles. The summed E-state index contributed by atoms with van der Waals surface area (Å²) in [6.45, 7) is 0.698. The molecule has 0 bridgehead atoms. The Morgan fingerprint density at radius 2 is 1.37 bits per heavy atom. The predicted molar refractivity (Wildman–Crippen MR) is 77.0 cm³/mol. The van der Waals surface area contributed by atoms with Crippen LogP contribution in [0.2, 0.25) is 0 Å². The van der Waals surface area contributed by atoms with Crippen molar-refractivity contribution >= 4 is 7.32 Å². The monoisotopic (exact) mass is 259 g/mol. The van der Waals surface area contributed by atoms with Crippen LogP contribution in [0.3, 0.4) is 0 Å². The van der Waals surface area contributed by atoms with Gasteiger partial charge in [0.05, 0.1) is 0 Å². The van der Waals surface area contributed by atoms with Gasteiger partial charge in [-0.15, -0.1) is 0 Å². The Kier molecular flexibility index (Phi) is 6.85. The van der Waals surface area contributed by atoms with Crippen molar-refractivity contribution in [3.8, 4) is 11.1 Å². The number of rotatable bonds is 3. The van der Waals surface area contributed by atoms with Crippen LogP contribution in [0.1, 0.15) is 5.56 Å². The lowest BCUT2D eigenvalue weighted by molar-refractivity contribution is 0.278. The highest BCUT2D eigenvalue weighted by atomic mass is 16.5. The molecule has 0 radical (unpaired) electrons. The molecule has 4 nitrogen and oxygen atoms in total. The molecule has 0 unspecified atom stereocenters. The molecule has 100 valence electrons. The van der Waals surface area contributed by atoms with Gasteiger partial charge in [0.25, 0.3) is 0 Å². The summed E-state index contributed by atoms with van der Waals surface area (Å²) in [5, 5.41) is 21.5. The Hall–Kier alpha value is -1.66. The van der Waals surface area contributed by atoms with Gasteiger partial charge in [0.15, 0.2) is 0 Å². The summed E-state index contributed by atoms with van der Waals surface area (Å²) < 4.78 is 0. The van der Waals surface area contributed by atoms with E-state index >= 15 is 0 Å². The molecule has 2 aromatic rings. The summed E-state index contributed by atoms with van der Waals surface area (Å²) in [5.41, 5.74) is 9.49. The first-order valence-electron chi connectivity index (χ1n) is 6.02. The minimum absolute atomic E-state index is 0.698. The maximum Gasteiger partial charge on any atom is 0.631 e. The van der Waals surface area contributed by atoms with Crippen LogP contribution in [0.4, 0.5) is 0 Å². The van der Waals surface area contributed by atoms with Gasteiger partial charge in [-0.3, -0.25) is 0 Å². The molecule has 0 atom stereocenters. The molecule has 0 heterocycles. The van der Waals surface area contributed by atoms with Gasteiger partial charge < -0.3 is 20.8 Å². The average Bonchev–Trinajstić information content (AvgIpc) is 2.40. The normalized spacial score (nSPS) is 9.47. The van der Waals surface area contributed by atoms with E-state index in [4.69, 9.17) is 20.8 Å². The smallest absolute Gasteiger partial charge is 0.402 e. The van der Waals surface area contributed by atoms with E-state index in [1.807, 2.05) is 6.07 Å². The predicted octanol–water partition coefficient (Wildman–Crippen LogP) is 0.803. The molecule has 0 saturated heterocycles. The number of nitrogens with two attached hydrogens (primary N) is 1. The van der Waals surface area contributed by atoms with E-state index in [0.29, 0.717) is 6.54 Å². The van der Waals surface area contributed by atoms with Gasteiger partial charge in [0.1, 0.15) is 0 Å². The molecule has 5 N–H and O–H groups in total. The van der Waals surface area contributed by atoms with Crippen LogP contribution in [0.15, 0.2) is 54.6 Å². The Labute approximate surface area is 113 Å². The van der Waals surface area contributed by atoms with E-state index in [2.05, 4.69) is 48.5 Å². The first-order chi connectivity index (χ1) is 9.15. The molecule has 0 aromatic heterocycles. The third-order valence-electron chi connectivity index (χ3n) is 2.52. The molecule has 19 heavy (non-hydrogen) atoms. The second-order valence-electron chi connectivity index (χ2n) is 3.91. The van der Waals surface area contributed by atoms with Gasteiger partial charge in [-0.05, 0) is 29.7 Å². The zero-order chi connectivity index (χ0) is 14.1. The van der Waals surface area contributed by atoms with E-state index < -0.39 is 7.32 Å². The van der Waals surface area contributed by atoms with Crippen molar-refractivity contribution in [1.29, 1.82) is 0 Å². The molecule has 0 fully saturated rings. The summed E-state index contributed by atoms with van der Waals surface area (Å²) in [4.78, 5) is 0. The van der Waals surface area contributed by atoms with Crippen molar-refractivity contribution in [2.75, 3.05) is 6.54 Å². The quantitative estimate of drug-likeness (QED) is 0.614. The topological polar surface area (TPSA) is 86.7 Å². The third kappa shape index (κ3) is 5.67. The first-order valence-corrected chi connectivity index (χ1v) is 6.02. The average molecular weight is 259 g/mol. The molecular weight excluding hydrogens is 241 g/mol. The van der Waals surface area contributed by atoms with Crippen LogP contribution in [-0.4, -0.2) is 28.9 Å². The highest BCUT2D eigenvalue weighted by Gasteiger charge is 2.02. The highest BCUT2D eigenvalue weighted by molar-refractivity contribution is 6.30. The van der Waals surface area contributed by atoms with Gasteiger partial charge >= 0.3 is 7.32 Å². The summed E-state index contributed by atoms with van der Waals surface area (Å²) in [5.74, 6) is 0. The lowest BCUT2D eigenvalue weighted by atomic mass is 9.98. The van der Waals surface area contributed by atoms with Gasteiger partial charge in [0, 0.05) is 0 Å². The molecule has 2 rings (SSSR count). The number of hydrogen-bond donors (Lipinski definition) is 4. The highest BCUT2D eigenvalue weighted by Crippen LogP contribution is 2.23. The van der Waals surface area contributed by atoms with Crippen molar-refractivity contribution in [3.63, 3.8) is 0 Å². The van der Waals surface area contributed by atoms with Crippen LogP contribution < -0.4 is 5.73 Å². The minimum Gasteiger partial charge on any atom is -0.402 e. The maximum absolute atomic E-state index is 7.17. The standard InChI is InChI=1S/C14H15N.BH3O3/c15-11-10-13-8-4-5-9-14(13)12-6-2-1-3-7-12;2-1(3)4/h1-9H,10-11,15H2;2-4H. The van der Waals surface area contributed by atoms with Gasteiger partial charge in [-0.2, -0.15) is 0 Å². The molecule has 2 aromatic carbocycles. The fraction of sp³-hybridized carbons (Fsp3) is 0.143. The number of benzene rings is 2. The van der Waals surface area contributed by atoms with E-state index in [9.17, 15) is 0 Å². The van der Waals surface area contributed by atoms with E-state index in [1.165, 1.54) is 16.7 Å². The van der Waals surface area contributed by atoms with E-state index in [1.54, 1.807) is 0 Å². The van der Waals surface area contributed by atoms with Gasteiger partial charge in [-0.25, -0.2) is 0 Å². The Balaban J connectivity index is 0.000000399. The van der Waals surface area contributed by atoms with Crippen molar-refractivity contribution < 1.29 is 15.1 Å². The van der Waals surface area contributed by atoms with Crippen LogP contribution in [0.25, 0.3) is 11.1 Å². The Bertz CT molecular complexity index is 474. The zero-order valence-electron chi connectivity index (χ0n) is 10.6. The summed E-state index contributed by atoms with van der Waals surface area (Å²) >= 11 is 0. The molecular formula is C14H18BNO3. The fourth-order valence-corrected chi connectivity index (χ4v) is 1.79. The largest absolute Gasteiger partial charge is 0.631 e. The van der Waals surface area contributed by atoms with E-state index in [0.717, 1.165) is 6.42 Å². The molecule has 0 aliphatic rings. The van der Waals surface area contributed by atoms with Gasteiger partial charge in [0.2, 0.25) is 0 Å². The van der Waals surface area contributed by atoms with Crippen LogP contribution >= 0.6 is 0 Å². The van der Waals surface area contributed by atoms with Crippen LogP contribution in [0, 0.1) is 0 Å². The van der Waals surface area contributed by atoms with E-state index in [-0.39, 0.29) is 0 Å². The van der Waals surface area contributed by atoms with Gasteiger partial charge in [-0.1, -0.05) is 54.6 Å². The molecule has 0 spiro atoms. The van der Waals surface area contributed by atoms with Crippen molar-refractivity contribution in [2.24, 2.45) is 5.73 Å². The molecule has 5 heteroatoms. The molecule has 0 saturated carbocycles. The third-order valence-corrected chi connectivity index (χ3v) is 2.52. The maximum atomic E-state index is 7.17. The second kappa shape index (κ2) is 8.45. The number of hydrogen-bond acceptors (Lipinski definition) is 4. The van der Waals surface area contributed by atoms with Crippen molar-refractivity contribution in [1.82, 2.24) is 0 Å². The molecule has 0 aliphatic heterocycles. The second-order valence-corrected chi connectivity index (χ2v) is 3.91. The van der Waals surface area contributed by atoms with Crippen molar-refractivity contribution in [3.05, 3.63) is 60.2 Å². The fourth-order valence-electron chi connectivity index (χ4n) is 1.79. The van der Waals surface area contributed by atoms with Crippen LogP contribution in [0.5, 0.6) is 0 Å².